The normalized spacial score (nSPS) is 17.5. The quantitative estimate of drug-likeness (QED) is 0.305. The predicted octanol–water partition coefficient (Wildman–Crippen LogP) is -0.929. The van der Waals surface area contributed by atoms with Crippen LogP contribution in [0.25, 0.3) is 0 Å². The molecule has 0 aliphatic heterocycles. The van der Waals surface area contributed by atoms with E-state index in [1.54, 1.807) is 0 Å². The Hall–Kier alpha value is -0.610. The van der Waals surface area contributed by atoms with Gasteiger partial charge < -0.3 is 0 Å². The van der Waals surface area contributed by atoms with E-state index in [1.807, 2.05) is 11.9 Å². The molecule has 1 fully saturated rings. The monoisotopic (exact) mass is 143 g/mol. The van der Waals surface area contributed by atoms with Crippen molar-refractivity contribution in [2.45, 2.75) is 18.9 Å². The van der Waals surface area contributed by atoms with Gasteiger partial charge in [0.15, 0.2) is 0 Å². The van der Waals surface area contributed by atoms with Crippen LogP contribution in [0.15, 0.2) is 0 Å². The molecule has 1 aliphatic rings. The van der Waals surface area contributed by atoms with Gasteiger partial charge in [0.25, 0.3) is 0 Å². The van der Waals surface area contributed by atoms with E-state index in [0.29, 0.717) is 12.6 Å². The van der Waals surface area contributed by atoms with Crippen molar-refractivity contribution in [1.82, 2.24) is 10.3 Å². The minimum Gasteiger partial charge on any atom is -0.295 e. The van der Waals surface area contributed by atoms with Crippen LogP contribution in [0.3, 0.4) is 0 Å². The van der Waals surface area contributed by atoms with Crippen LogP contribution >= 0.6 is 0 Å². The van der Waals surface area contributed by atoms with Crippen LogP contribution in [-0.2, 0) is 4.79 Å². The molecule has 1 aliphatic carbocycles. The lowest BCUT2D eigenvalue weighted by Crippen LogP contribution is -2.39. The summed E-state index contributed by atoms with van der Waals surface area (Å²) < 4.78 is 0. The van der Waals surface area contributed by atoms with Gasteiger partial charge in [0.05, 0.1) is 6.54 Å². The Morgan fingerprint density at radius 3 is 2.80 bits per heavy atom. The molecule has 0 unspecified atom stereocenters. The third-order valence-electron chi connectivity index (χ3n) is 1.72. The van der Waals surface area contributed by atoms with Gasteiger partial charge in [0.1, 0.15) is 0 Å². The van der Waals surface area contributed by atoms with Crippen LogP contribution in [0.1, 0.15) is 12.8 Å². The summed E-state index contributed by atoms with van der Waals surface area (Å²) >= 11 is 0. The van der Waals surface area contributed by atoms with Crippen LogP contribution in [0.4, 0.5) is 0 Å². The van der Waals surface area contributed by atoms with Gasteiger partial charge in [-0.2, -0.15) is 0 Å². The van der Waals surface area contributed by atoms with Crippen molar-refractivity contribution in [1.29, 1.82) is 0 Å². The first kappa shape index (κ1) is 7.50. The van der Waals surface area contributed by atoms with Crippen LogP contribution in [0, 0.1) is 0 Å². The molecule has 58 valence electrons. The Balaban J connectivity index is 2.16. The van der Waals surface area contributed by atoms with Crippen LogP contribution in [0.2, 0.25) is 0 Å². The summed E-state index contributed by atoms with van der Waals surface area (Å²) in [7, 11) is 1.94. The number of likely N-dealkylation sites (N-methyl/N-ethyl adjacent to an activating group) is 1. The fraction of sp³-hybridized carbons (Fsp3) is 0.833. The van der Waals surface area contributed by atoms with Crippen molar-refractivity contribution in [2.24, 2.45) is 5.84 Å². The minimum absolute atomic E-state index is 0.116. The molecule has 1 amide bonds. The van der Waals surface area contributed by atoms with Crippen molar-refractivity contribution >= 4 is 5.91 Å². The fourth-order valence-corrected chi connectivity index (χ4v) is 0.917. The Kier molecular flexibility index (Phi) is 2.24. The summed E-state index contributed by atoms with van der Waals surface area (Å²) in [4.78, 5) is 12.7. The number of carbonyl (C=O) groups is 1. The second kappa shape index (κ2) is 2.98. The lowest BCUT2D eigenvalue weighted by Gasteiger charge is -2.13. The SMILES string of the molecule is CN(CC(=O)NN)C1CC1. The molecule has 0 atom stereocenters. The first-order chi connectivity index (χ1) is 4.74. The van der Waals surface area contributed by atoms with E-state index in [9.17, 15) is 4.79 Å². The van der Waals surface area contributed by atoms with Crippen LogP contribution < -0.4 is 11.3 Å². The molecule has 0 radical (unpaired) electrons. The number of hydrazine groups is 1. The molecule has 4 heteroatoms. The number of carbonyl (C=O) groups excluding carboxylic acids is 1. The summed E-state index contributed by atoms with van der Waals surface area (Å²) in [5.74, 6) is 4.80. The number of amides is 1. The summed E-state index contributed by atoms with van der Waals surface area (Å²) in [6.45, 7) is 0.418. The average Bonchev–Trinajstić information content (AvgIpc) is 2.68. The summed E-state index contributed by atoms with van der Waals surface area (Å²) in [5.41, 5.74) is 2.10. The Morgan fingerprint density at radius 2 is 2.40 bits per heavy atom. The van der Waals surface area contributed by atoms with Crippen molar-refractivity contribution in [3.8, 4) is 0 Å². The summed E-state index contributed by atoms with van der Waals surface area (Å²) in [6.07, 6.45) is 2.43. The highest BCUT2D eigenvalue weighted by Gasteiger charge is 2.26. The molecule has 0 heterocycles. The molecular weight excluding hydrogens is 130 g/mol. The highest BCUT2D eigenvalue weighted by Crippen LogP contribution is 2.24. The van der Waals surface area contributed by atoms with Crippen molar-refractivity contribution in [2.75, 3.05) is 13.6 Å². The molecule has 1 saturated carbocycles. The van der Waals surface area contributed by atoms with Gasteiger partial charge in [0, 0.05) is 6.04 Å². The predicted molar refractivity (Wildman–Crippen MR) is 38.0 cm³/mol. The highest BCUT2D eigenvalue weighted by molar-refractivity contribution is 5.77. The van der Waals surface area contributed by atoms with Crippen molar-refractivity contribution in [3.63, 3.8) is 0 Å². The van der Waals surface area contributed by atoms with E-state index < -0.39 is 0 Å². The Labute approximate surface area is 60.3 Å². The first-order valence-corrected chi connectivity index (χ1v) is 3.43. The van der Waals surface area contributed by atoms with E-state index in [-0.39, 0.29) is 5.91 Å². The average molecular weight is 143 g/mol. The smallest absolute Gasteiger partial charge is 0.248 e. The zero-order valence-corrected chi connectivity index (χ0v) is 6.13. The van der Waals surface area contributed by atoms with Gasteiger partial charge in [0.2, 0.25) is 5.91 Å². The molecule has 0 aromatic heterocycles. The largest absolute Gasteiger partial charge is 0.295 e. The number of rotatable bonds is 3. The number of nitrogens with two attached hydrogens (primary N) is 1. The fourth-order valence-electron chi connectivity index (χ4n) is 0.917. The van der Waals surface area contributed by atoms with Gasteiger partial charge in [-0.3, -0.25) is 15.1 Å². The topological polar surface area (TPSA) is 58.4 Å². The molecule has 4 nitrogen and oxygen atoms in total. The Bertz CT molecular complexity index is 133. The number of hydrogen-bond donors (Lipinski definition) is 2. The third-order valence-corrected chi connectivity index (χ3v) is 1.72. The zero-order valence-electron chi connectivity index (χ0n) is 6.13. The van der Waals surface area contributed by atoms with E-state index in [1.165, 1.54) is 12.8 Å². The number of nitrogens with one attached hydrogen (secondary N) is 1. The molecule has 0 aromatic rings. The summed E-state index contributed by atoms with van der Waals surface area (Å²) in [5, 5.41) is 0. The van der Waals surface area contributed by atoms with Gasteiger partial charge in [-0.05, 0) is 19.9 Å². The second-order valence-electron chi connectivity index (χ2n) is 2.71. The number of nitrogens with zero attached hydrogens (tertiary/aromatic N) is 1. The maximum absolute atomic E-state index is 10.7. The second-order valence-corrected chi connectivity index (χ2v) is 2.71. The molecule has 0 spiro atoms. The van der Waals surface area contributed by atoms with Crippen molar-refractivity contribution < 1.29 is 4.79 Å². The lowest BCUT2D eigenvalue weighted by molar-refractivity contribution is -0.122. The first-order valence-electron chi connectivity index (χ1n) is 3.43. The maximum atomic E-state index is 10.7. The van der Waals surface area contributed by atoms with E-state index >= 15 is 0 Å². The molecule has 0 saturated heterocycles. The zero-order chi connectivity index (χ0) is 7.56. The molecule has 1 rings (SSSR count). The molecule has 0 bridgehead atoms. The van der Waals surface area contributed by atoms with Gasteiger partial charge in [-0.1, -0.05) is 0 Å². The van der Waals surface area contributed by atoms with Crippen molar-refractivity contribution in [3.05, 3.63) is 0 Å². The lowest BCUT2D eigenvalue weighted by atomic mass is 10.5. The standard InChI is InChI=1S/C6H13N3O/c1-9(5-2-3-5)4-6(10)8-7/h5H,2-4,7H2,1H3,(H,8,10). The van der Waals surface area contributed by atoms with Gasteiger partial charge in [-0.25, -0.2) is 5.84 Å². The minimum atomic E-state index is -0.116. The van der Waals surface area contributed by atoms with Gasteiger partial charge >= 0.3 is 0 Å². The third kappa shape index (κ3) is 1.97. The van der Waals surface area contributed by atoms with E-state index in [4.69, 9.17) is 5.84 Å². The highest BCUT2D eigenvalue weighted by atomic mass is 16.2. The van der Waals surface area contributed by atoms with Gasteiger partial charge in [-0.15, -0.1) is 0 Å². The Morgan fingerprint density at radius 1 is 1.80 bits per heavy atom. The molecule has 10 heavy (non-hydrogen) atoms. The maximum Gasteiger partial charge on any atom is 0.248 e. The molecule has 3 N–H and O–H groups in total. The van der Waals surface area contributed by atoms with E-state index in [2.05, 4.69) is 5.43 Å². The molecule has 0 aromatic carbocycles. The number of hydrogen-bond acceptors (Lipinski definition) is 3. The molecular formula is C6H13N3O. The summed E-state index contributed by atoms with van der Waals surface area (Å²) in [6, 6.07) is 0.622. The van der Waals surface area contributed by atoms with Crippen LogP contribution in [0.5, 0.6) is 0 Å². The van der Waals surface area contributed by atoms with Crippen LogP contribution in [-0.4, -0.2) is 30.4 Å². The van der Waals surface area contributed by atoms with E-state index in [0.717, 1.165) is 0 Å².